The summed E-state index contributed by atoms with van der Waals surface area (Å²) in [4.78, 5) is 11.0. The molecule has 2 N–H and O–H groups in total. The molecule has 0 aromatic rings. The van der Waals surface area contributed by atoms with Crippen LogP contribution in [-0.2, 0) is 4.79 Å². The van der Waals surface area contributed by atoms with Crippen molar-refractivity contribution in [2.75, 3.05) is 0 Å². The van der Waals surface area contributed by atoms with E-state index in [4.69, 9.17) is 0 Å². The molecule has 15 heavy (non-hydrogen) atoms. The van der Waals surface area contributed by atoms with Gasteiger partial charge in [0.05, 0.1) is 0 Å². The molecule has 0 aromatic heterocycles. The van der Waals surface area contributed by atoms with E-state index in [9.17, 15) is 4.79 Å². The molecule has 4 aliphatic rings. The Bertz CT molecular complexity index is 252. The Hall–Kier alpha value is -0.570. The minimum atomic E-state index is 0.0331. The van der Waals surface area contributed by atoms with Gasteiger partial charge in [0.15, 0.2) is 0 Å². The molecule has 4 fully saturated rings. The average molecular weight is 208 g/mol. The summed E-state index contributed by atoms with van der Waals surface area (Å²) in [5.74, 6) is 2.82. The van der Waals surface area contributed by atoms with Crippen molar-refractivity contribution in [2.24, 2.45) is 17.8 Å². The zero-order valence-electron chi connectivity index (χ0n) is 9.38. The van der Waals surface area contributed by atoms with Gasteiger partial charge >= 0.3 is 0 Å². The first-order valence-electron chi connectivity index (χ1n) is 6.19. The molecular formula is C12H20N2O. The van der Waals surface area contributed by atoms with E-state index in [1.165, 1.54) is 38.5 Å². The van der Waals surface area contributed by atoms with Crippen LogP contribution in [0.25, 0.3) is 0 Å². The van der Waals surface area contributed by atoms with Crippen molar-refractivity contribution in [3.63, 3.8) is 0 Å². The second-order valence-electron chi connectivity index (χ2n) is 6.00. The monoisotopic (exact) mass is 208 g/mol. The molecule has 0 atom stereocenters. The Morgan fingerprint density at radius 2 is 1.53 bits per heavy atom. The standard InChI is InChI=1S/C12H20N2O/c1-8(15)13-14-12-5-9-2-10(6-12)4-11(3-9)7-12/h9-11,14H,2-7H2,1H3,(H,13,15). The lowest BCUT2D eigenvalue weighted by Crippen LogP contribution is -2.62. The highest BCUT2D eigenvalue weighted by Crippen LogP contribution is 2.55. The van der Waals surface area contributed by atoms with Gasteiger partial charge in [-0.3, -0.25) is 10.2 Å². The lowest BCUT2D eigenvalue weighted by molar-refractivity contribution is -0.122. The van der Waals surface area contributed by atoms with E-state index in [0.29, 0.717) is 0 Å². The number of hydrogen-bond donors (Lipinski definition) is 2. The SMILES string of the molecule is CC(=O)NNC12CC3CC(CC(C3)C1)C2. The predicted octanol–water partition coefficient (Wildman–Crippen LogP) is 1.60. The maximum absolute atomic E-state index is 11.0. The molecule has 0 heterocycles. The molecule has 4 bridgehead atoms. The van der Waals surface area contributed by atoms with Crippen LogP contribution in [0.5, 0.6) is 0 Å². The van der Waals surface area contributed by atoms with E-state index < -0.39 is 0 Å². The number of amides is 1. The number of hydrogen-bond acceptors (Lipinski definition) is 2. The normalized spacial score (nSPS) is 46.9. The molecule has 0 radical (unpaired) electrons. The van der Waals surface area contributed by atoms with Crippen LogP contribution < -0.4 is 10.9 Å². The van der Waals surface area contributed by atoms with Crippen molar-refractivity contribution < 1.29 is 4.79 Å². The predicted molar refractivity (Wildman–Crippen MR) is 57.9 cm³/mol. The summed E-state index contributed by atoms with van der Waals surface area (Å²) >= 11 is 0. The fourth-order valence-electron chi connectivity index (χ4n) is 4.48. The lowest BCUT2D eigenvalue weighted by Gasteiger charge is -2.56. The Morgan fingerprint density at radius 3 is 1.93 bits per heavy atom. The van der Waals surface area contributed by atoms with E-state index in [1.807, 2.05) is 0 Å². The van der Waals surface area contributed by atoms with E-state index >= 15 is 0 Å². The van der Waals surface area contributed by atoms with Gasteiger partial charge in [0.1, 0.15) is 0 Å². The van der Waals surface area contributed by atoms with Gasteiger partial charge < -0.3 is 0 Å². The maximum atomic E-state index is 11.0. The van der Waals surface area contributed by atoms with Crippen molar-refractivity contribution in [2.45, 2.75) is 51.0 Å². The fraction of sp³-hybridized carbons (Fsp3) is 0.917. The van der Waals surface area contributed by atoms with Crippen LogP contribution in [0.2, 0.25) is 0 Å². The molecule has 0 unspecified atom stereocenters. The van der Waals surface area contributed by atoms with Crippen LogP contribution in [0.3, 0.4) is 0 Å². The van der Waals surface area contributed by atoms with Gasteiger partial charge in [-0.15, -0.1) is 0 Å². The van der Waals surface area contributed by atoms with Crippen LogP contribution in [0.4, 0.5) is 0 Å². The third-order valence-corrected chi connectivity index (χ3v) is 4.54. The van der Waals surface area contributed by atoms with Gasteiger partial charge in [-0.1, -0.05) is 0 Å². The second kappa shape index (κ2) is 3.21. The summed E-state index contributed by atoms with van der Waals surface area (Å²) in [6.07, 6.45) is 8.17. The Kier molecular flexibility index (Phi) is 2.06. The largest absolute Gasteiger partial charge is 0.291 e. The zero-order valence-corrected chi connectivity index (χ0v) is 9.38. The molecule has 0 saturated heterocycles. The molecule has 84 valence electrons. The summed E-state index contributed by atoms with van der Waals surface area (Å²) in [7, 11) is 0. The second-order valence-corrected chi connectivity index (χ2v) is 6.00. The molecule has 3 nitrogen and oxygen atoms in total. The zero-order chi connectivity index (χ0) is 10.5. The summed E-state index contributed by atoms with van der Waals surface area (Å²) in [6.45, 7) is 1.58. The molecule has 0 spiro atoms. The van der Waals surface area contributed by atoms with E-state index in [0.717, 1.165) is 17.8 Å². The highest BCUT2D eigenvalue weighted by molar-refractivity contribution is 5.72. The van der Waals surface area contributed by atoms with Crippen molar-refractivity contribution in [1.82, 2.24) is 10.9 Å². The molecule has 4 aliphatic carbocycles. The number of carbonyl (C=O) groups is 1. The molecule has 1 amide bonds. The van der Waals surface area contributed by atoms with E-state index in [1.54, 1.807) is 6.92 Å². The number of hydrazine groups is 1. The average Bonchev–Trinajstić information content (AvgIpc) is 2.12. The lowest BCUT2D eigenvalue weighted by atomic mass is 9.53. The van der Waals surface area contributed by atoms with Crippen molar-refractivity contribution in [1.29, 1.82) is 0 Å². The first-order chi connectivity index (χ1) is 7.15. The molecule has 0 aromatic carbocycles. The Labute approximate surface area is 91.0 Å². The van der Waals surface area contributed by atoms with Gasteiger partial charge in [-0.05, 0) is 56.3 Å². The van der Waals surface area contributed by atoms with Crippen LogP contribution in [0.1, 0.15) is 45.4 Å². The van der Waals surface area contributed by atoms with Crippen LogP contribution in [0.15, 0.2) is 0 Å². The molecule has 4 saturated carbocycles. The summed E-state index contributed by atoms with van der Waals surface area (Å²) < 4.78 is 0. The van der Waals surface area contributed by atoms with E-state index in [2.05, 4.69) is 10.9 Å². The fourth-order valence-corrected chi connectivity index (χ4v) is 4.48. The smallest absolute Gasteiger partial charge is 0.230 e. The third-order valence-electron chi connectivity index (χ3n) is 4.54. The van der Waals surface area contributed by atoms with Gasteiger partial charge in [0.2, 0.25) is 5.91 Å². The maximum Gasteiger partial charge on any atom is 0.230 e. The molecule has 0 aliphatic heterocycles. The van der Waals surface area contributed by atoms with Crippen LogP contribution in [-0.4, -0.2) is 11.4 Å². The first-order valence-corrected chi connectivity index (χ1v) is 6.19. The van der Waals surface area contributed by atoms with E-state index in [-0.39, 0.29) is 11.4 Å². The molecule has 4 rings (SSSR count). The Balaban J connectivity index is 1.72. The topological polar surface area (TPSA) is 41.1 Å². The molecular weight excluding hydrogens is 188 g/mol. The Morgan fingerprint density at radius 1 is 1.07 bits per heavy atom. The number of nitrogens with one attached hydrogen (secondary N) is 2. The highest BCUT2D eigenvalue weighted by Gasteiger charge is 2.50. The molecule has 3 heteroatoms. The van der Waals surface area contributed by atoms with Crippen LogP contribution >= 0.6 is 0 Å². The van der Waals surface area contributed by atoms with Gasteiger partial charge in [0.25, 0.3) is 0 Å². The highest BCUT2D eigenvalue weighted by atomic mass is 16.2. The summed E-state index contributed by atoms with van der Waals surface area (Å²) in [5, 5.41) is 0. The number of rotatable bonds is 2. The minimum Gasteiger partial charge on any atom is -0.291 e. The summed E-state index contributed by atoms with van der Waals surface area (Å²) in [6, 6.07) is 0. The minimum absolute atomic E-state index is 0.0331. The first kappa shape index (κ1) is 9.64. The third kappa shape index (κ3) is 1.67. The van der Waals surface area contributed by atoms with Crippen molar-refractivity contribution in [3.05, 3.63) is 0 Å². The summed E-state index contributed by atoms with van der Waals surface area (Å²) in [5.41, 5.74) is 6.39. The number of carbonyl (C=O) groups excluding carboxylic acids is 1. The van der Waals surface area contributed by atoms with Gasteiger partial charge in [-0.2, -0.15) is 0 Å². The van der Waals surface area contributed by atoms with Crippen molar-refractivity contribution >= 4 is 5.91 Å². The van der Waals surface area contributed by atoms with Crippen LogP contribution in [0, 0.1) is 17.8 Å². The van der Waals surface area contributed by atoms with Crippen molar-refractivity contribution in [3.8, 4) is 0 Å². The van der Waals surface area contributed by atoms with Gasteiger partial charge in [0, 0.05) is 12.5 Å². The quantitative estimate of drug-likeness (QED) is 0.677. The van der Waals surface area contributed by atoms with Gasteiger partial charge in [-0.25, -0.2) is 5.43 Å².